The number of carboxylic acid groups (broad SMARTS) is 1. The predicted molar refractivity (Wildman–Crippen MR) is 57.6 cm³/mol. The van der Waals surface area contributed by atoms with Crippen molar-refractivity contribution in [3.63, 3.8) is 0 Å². The van der Waals surface area contributed by atoms with Crippen molar-refractivity contribution in [3.8, 4) is 0 Å². The molecular weight excluding hydrogens is 198 g/mol. The lowest BCUT2D eigenvalue weighted by molar-refractivity contribution is -0.137. The van der Waals surface area contributed by atoms with E-state index in [1.54, 1.807) is 0 Å². The Morgan fingerprint density at radius 1 is 1.13 bits per heavy atom. The number of rotatable bonds is 8. The minimum atomic E-state index is -0.996. The smallest absolute Gasteiger partial charge is 0.322 e. The minimum absolute atomic E-state index is 0. The van der Waals surface area contributed by atoms with E-state index < -0.39 is 5.97 Å². The highest BCUT2D eigenvalue weighted by molar-refractivity contribution is 5.80. The van der Waals surface area contributed by atoms with Crippen molar-refractivity contribution in [1.29, 1.82) is 0 Å². The molecule has 0 bridgehead atoms. The second-order valence-corrected chi connectivity index (χ2v) is 3.33. The summed E-state index contributed by atoms with van der Waals surface area (Å²) in [4.78, 5) is 21.1. The quantitative estimate of drug-likeness (QED) is 0.588. The van der Waals surface area contributed by atoms with E-state index in [2.05, 4.69) is 12.2 Å². The van der Waals surface area contributed by atoms with Gasteiger partial charge in [0.1, 0.15) is 6.54 Å². The molecule has 0 spiro atoms. The van der Waals surface area contributed by atoms with Gasteiger partial charge in [-0.2, -0.15) is 0 Å². The summed E-state index contributed by atoms with van der Waals surface area (Å²) in [5.74, 6) is -1.16. The summed E-state index contributed by atoms with van der Waals surface area (Å²) >= 11 is 0. The Hall–Kier alpha value is -1.10. The highest BCUT2D eigenvalue weighted by Crippen LogP contribution is 2.04. The first-order valence-electron chi connectivity index (χ1n) is 5.15. The van der Waals surface area contributed by atoms with Gasteiger partial charge in [-0.05, 0) is 6.42 Å². The Kier molecular flexibility index (Phi) is 12.0. The molecule has 0 saturated heterocycles. The van der Waals surface area contributed by atoms with E-state index in [9.17, 15) is 9.59 Å². The van der Waals surface area contributed by atoms with Crippen LogP contribution in [0.25, 0.3) is 0 Å². The fourth-order valence-corrected chi connectivity index (χ4v) is 1.15. The summed E-state index contributed by atoms with van der Waals surface area (Å²) in [5, 5.41) is 10.6. The van der Waals surface area contributed by atoms with Crippen LogP contribution in [0.2, 0.25) is 0 Å². The molecular formula is C10H21NO4. The van der Waals surface area contributed by atoms with Crippen LogP contribution in [-0.4, -0.2) is 29.0 Å². The lowest BCUT2D eigenvalue weighted by atomic mass is 10.1. The zero-order chi connectivity index (χ0) is 10.8. The number of aliphatic carboxylic acids is 1. The standard InChI is InChI=1S/C10H19NO3.H2O/c1-2-3-4-5-6-7-9(12)11-8-10(13)14;/h2-8H2,1H3,(H,11,12)(H,13,14);1H2. The maximum atomic E-state index is 11.0. The zero-order valence-electron chi connectivity index (χ0n) is 9.21. The van der Waals surface area contributed by atoms with Gasteiger partial charge < -0.3 is 15.9 Å². The van der Waals surface area contributed by atoms with Gasteiger partial charge in [-0.25, -0.2) is 0 Å². The van der Waals surface area contributed by atoms with Gasteiger partial charge in [0.2, 0.25) is 5.91 Å². The van der Waals surface area contributed by atoms with Gasteiger partial charge in [-0.15, -0.1) is 0 Å². The number of hydrogen-bond acceptors (Lipinski definition) is 2. The van der Waals surface area contributed by atoms with Crippen LogP contribution >= 0.6 is 0 Å². The number of carboxylic acids is 1. The van der Waals surface area contributed by atoms with Gasteiger partial charge in [0.05, 0.1) is 0 Å². The molecule has 0 unspecified atom stereocenters. The van der Waals surface area contributed by atoms with Crippen molar-refractivity contribution in [2.24, 2.45) is 0 Å². The molecule has 15 heavy (non-hydrogen) atoms. The average molecular weight is 219 g/mol. The Morgan fingerprint density at radius 2 is 1.73 bits per heavy atom. The SMILES string of the molecule is CCCCCCCC(=O)NCC(=O)O.O. The summed E-state index contributed by atoms with van der Waals surface area (Å²) in [6, 6.07) is 0. The van der Waals surface area contributed by atoms with E-state index in [0.29, 0.717) is 6.42 Å². The molecule has 0 aromatic carbocycles. The molecule has 1 amide bonds. The number of nitrogens with one attached hydrogen (secondary N) is 1. The molecule has 0 radical (unpaired) electrons. The summed E-state index contributed by atoms with van der Waals surface area (Å²) in [6.45, 7) is 1.87. The van der Waals surface area contributed by atoms with Crippen molar-refractivity contribution < 1.29 is 20.2 Å². The highest BCUT2D eigenvalue weighted by atomic mass is 16.4. The maximum absolute atomic E-state index is 11.0. The predicted octanol–water partition coefficient (Wildman–Crippen LogP) is 0.723. The van der Waals surface area contributed by atoms with E-state index in [-0.39, 0.29) is 17.9 Å². The summed E-state index contributed by atoms with van der Waals surface area (Å²) in [6.07, 6.45) is 5.89. The molecule has 5 heteroatoms. The lowest BCUT2D eigenvalue weighted by Crippen LogP contribution is -2.28. The molecule has 5 nitrogen and oxygen atoms in total. The highest BCUT2D eigenvalue weighted by Gasteiger charge is 2.02. The Balaban J connectivity index is 0. The van der Waals surface area contributed by atoms with Crippen LogP contribution in [0.4, 0.5) is 0 Å². The molecule has 0 fully saturated rings. The second-order valence-electron chi connectivity index (χ2n) is 3.33. The first-order valence-corrected chi connectivity index (χ1v) is 5.15. The first kappa shape index (κ1) is 16.3. The zero-order valence-corrected chi connectivity index (χ0v) is 9.21. The second kappa shape index (κ2) is 11.0. The Morgan fingerprint density at radius 3 is 2.27 bits per heavy atom. The molecule has 0 aliphatic carbocycles. The van der Waals surface area contributed by atoms with Crippen molar-refractivity contribution in [2.45, 2.75) is 45.4 Å². The largest absolute Gasteiger partial charge is 0.480 e. The van der Waals surface area contributed by atoms with Gasteiger partial charge in [0.25, 0.3) is 0 Å². The summed E-state index contributed by atoms with van der Waals surface area (Å²) in [7, 11) is 0. The molecule has 90 valence electrons. The number of carbonyl (C=O) groups is 2. The van der Waals surface area contributed by atoms with Crippen LogP contribution in [0.1, 0.15) is 45.4 Å². The van der Waals surface area contributed by atoms with Crippen molar-refractivity contribution in [1.82, 2.24) is 5.32 Å². The molecule has 4 N–H and O–H groups in total. The molecule has 0 heterocycles. The topological polar surface area (TPSA) is 97.9 Å². The third-order valence-electron chi connectivity index (χ3n) is 1.94. The summed E-state index contributed by atoms with van der Waals surface area (Å²) < 4.78 is 0. The van der Waals surface area contributed by atoms with Gasteiger partial charge in [-0.1, -0.05) is 32.6 Å². The van der Waals surface area contributed by atoms with Crippen LogP contribution in [0.15, 0.2) is 0 Å². The van der Waals surface area contributed by atoms with Crippen LogP contribution in [0, 0.1) is 0 Å². The number of carbonyl (C=O) groups excluding carboxylic acids is 1. The van der Waals surface area contributed by atoms with E-state index in [4.69, 9.17) is 5.11 Å². The molecule has 0 rings (SSSR count). The number of unbranched alkanes of at least 4 members (excludes halogenated alkanes) is 4. The molecule has 0 aromatic rings. The van der Waals surface area contributed by atoms with E-state index in [1.165, 1.54) is 12.8 Å². The monoisotopic (exact) mass is 219 g/mol. The van der Waals surface area contributed by atoms with Crippen molar-refractivity contribution in [3.05, 3.63) is 0 Å². The van der Waals surface area contributed by atoms with Crippen molar-refractivity contribution >= 4 is 11.9 Å². The van der Waals surface area contributed by atoms with Gasteiger partial charge in [-0.3, -0.25) is 9.59 Å². The normalized spacial score (nSPS) is 9.13. The average Bonchev–Trinajstić information content (AvgIpc) is 2.14. The molecule has 0 aliphatic rings. The third-order valence-corrected chi connectivity index (χ3v) is 1.94. The minimum Gasteiger partial charge on any atom is -0.480 e. The number of hydrogen-bond donors (Lipinski definition) is 2. The van der Waals surface area contributed by atoms with Crippen LogP contribution < -0.4 is 5.32 Å². The van der Waals surface area contributed by atoms with Crippen molar-refractivity contribution in [2.75, 3.05) is 6.54 Å². The van der Waals surface area contributed by atoms with Crippen LogP contribution in [0.3, 0.4) is 0 Å². The van der Waals surface area contributed by atoms with E-state index >= 15 is 0 Å². The van der Waals surface area contributed by atoms with E-state index in [1.807, 2.05) is 0 Å². The van der Waals surface area contributed by atoms with Crippen LogP contribution in [-0.2, 0) is 9.59 Å². The fourth-order valence-electron chi connectivity index (χ4n) is 1.15. The molecule has 0 saturated carbocycles. The van der Waals surface area contributed by atoms with Gasteiger partial charge >= 0.3 is 5.97 Å². The van der Waals surface area contributed by atoms with E-state index in [0.717, 1.165) is 19.3 Å². The molecule has 0 aliphatic heterocycles. The Labute approximate surface area is 90.2 Å². The van der Waals surface area contributed by atoms with Gasteiger partial charge in [0.15, 0.2) is 0 Å². The lowest BCUT2D eigenvalue weighted by Gasteiger charge is -2.01. The first-order chi connectivity index (χ1) is 6.66. The molecule has 0 aromatic heterocycles. The number of amides is 1. The maximum Gasteiger partial charge on any atom is 0.322 e. The summed E-state index contributed by atoms with van der Waals surface area (Å²) in [5.41, 5.74) is 0. The van der Waals surface area contributed by atoms with Gasteiger partial charge in [0, 0.05) is 6.42 Å². The molecule has 0 atom stereocenters. The van der Waals surface area contributed by atoms with Crippen LogP contribution in [0.5, 0.6) is 0 Å². The Bertz CT molecular complexity index is 182. The fraction of sp³-hybridized carbons (Fsp3) is 0.800. The third kappa shape index (κ3) is 12.9.